The molecule has 4 aromatic rings. The van der Waals surface area contributed by atoms with Crippen molar-refractivity contribution in [2.75, 3.05) is 38.5 Å². The lowest BCUT2D eigenvalue weighted by atomic mass is 9.99. The number of piperazine rings is 1. The average Bonchev–Trinajstić information content (AvgIpc) is 3.49. The Morgan fingerprint density at radius 1 is 1.06 bits per heavy atom. The minimum Gasteiger partial charge on any atom is -0.348 e. The van der Waals surface area contributed by atoms with Crippen LogP contribution in [0.2, 0.25) is 0 Å². The Bertz CT molecular complexity index is 1460. The first-order chi connectivity index (χ1) is 17.5. The van der Waals surface area contributed by atoms with Crippen molar-refractivity contribution in [3.8, 4) is 11.3 Å². The van der Waals surface area contributed by atoms with Crippen molar-refractivity contribution in [1.29, 1.82) is 0 Å². The fourth-order valence-electron chi connectivity index (χ4n) is 5.00. The second-order valence-corrected chi connectivity index (χ2v) is 9.60. The summed E-state index contributed by atoms with van der Waals surface area (Å²) in [6.45, 7) is 7.29. The summed E-state index contributed by atoms with van der Waals surface area (Å²) in [5, 5.41) is 6.25. The van der Waals surface area contributed by atoms with Gasteiger partial charge >= 0.3 is 0 Å². The summed E-state index contributed by atoms with van der Waals surface area (Å²) in [5.41, 5.74) is 5.72. The number of halogens is 1. The van der Waals surface area contributed by atoms with Gasteiger partial charge in [0, 0.05) is 57.2 Å². The molecule has 0 bridgehead atoms. The number of hydrogen-bond donors (Lipinski definition) is 2. The van der Waals surface area contributed by atoms with Crippen molar-refractivity contribution in [3.63, 3.8) is 0 Å². The molecule has 2 aliphatic heterocycles. The Kier molecular flexibility index (Phi) is 5.66. The molecule has 9 heteroatoms. The van der Waals surface area contributed by atoms with Gasteiger partial charge in [-0.3, -0.25) is 14.1 Å². The summed E-state index contributed by atoms with van der Waals surface area (Å²) >= 11 is 0. The lowest BCUT2D eigenvalue weighted by Gasteiger charge is -2.32. The maximum absolute atomic E-state index is 14.6. The number of rotatable bonds is 5. The lowest BCUT2D eigenvalue weighted by Crippen LogP contribution is -2.43. The van der Waals surface area contributed by atoms with E-state index in [4.69, 9.17) is 0 Å². The zero-order valence-electron chi connectivity index (χ0n) is 20.4. The van der Waals surface area contributed by atoms with E-state index in [9.17, 15) is 9.18 Å². The third-order valence-corrected chi connectivity index (χ3v) is 7.14. The summed E-state index contributed by atoms with van der Waals surface area (Å²) in [7, 11) is 2.15. The predicted octanol–water partition coefficient (Wildman–Crippen LogP) is 3.58. The lowest BCUT2D eigenvalue weighted by molar-refractivity contribution is 0.0966. The predicted molar refractivity (Wildman–Crippen MR) is 137 cm³/mol. The number of carbonyl (C=O) groups is 1. The number of nitrogens with one attached hydrogen (secondary N) is 2. The van der Waals surface area contributed by atoms with Gasteiger partial charge < -0.3 is 15.5 Å². The summed E-state index contributed by atoms with van der Waals surface area (Å²) in [5.74, 6) is 0.200. The highest BCUT2D eigenvalue weighted by molar-refractivity contribution is 6.06. The third kappa shape index (κ3) is 4.00. The van der Waals surface area contributed by atoms with E-state index >= 15 is 0 Å². The molecule has 3 aromatic heterocycles. The summed E-state index contributed by atoms with van der Waals surface area (Å²) < 4.78 is 16.3. The van der Waals surface area contributed by atoms with E-state index in [0.717, 1.165) is 49.5 Å². The molecule has 0 aliphatic carbocycles. The van der Waals surface area contributed by atoms with Crippen molar-refractivity contribution in [3.05, 3.63) is 77.0 Å². The number of anilines is 2. The molecule has 0 spiro atoms. The van der Waals surface area contributed by atoms with Crippen LogP contribution in [0.15, 0.2) is 48.9 Å². The van der Waals surface area contributed by atoms with Crippen LogP contribution in [0.4, 0.5) is 15.9 Å². The van der Waals surface area contributed by atoms with Gasteiger partial charge in [-0.15, -0.1) is 0 Å². The van der Waals surface area contributed by atoms with Crippen LogP contribution in [0.1, 0.15) is 27.0 Å². The van der Waals surface area contributed by atoms with Gasteiger partial charge in [-0.05, 0) is 48.9 Å². The van der Waals surface area contributed by atoms with Crippen LogP contribution in [0.25, 0.3) is 16.9 Å². The van der Waals surface area contributed by atoms with Crippen molar-refractivity contribution in [2.24, 2.45) is 0 Å². The molecule has 1 saturated heterocycles. The maximum Gasteiger partial charge on any atom is 0.254 e. The minimum atomic E-state index is -0.338. The number of pyridine rings is 2. The standard InChI is InChI=1S/C27H28FN7O/c1-17-7-8-35-22(15-30-26(35)25(17)28)19-4-5-21(24-20(19)14-31-27(24)36)32-23-6-3-18(13-29-23)16-34-11-9-33(2)10-12-34/h3-8,13,15H,9-12,14,16H2,1-2H3,(H,29,32)(H,31,36). The SMILES string of the molecule is Cc1ccn2c(-c3ccc(Nc4ccc(CN5CCN(C)CC5)cn4)c4c3CNC4=O)cnc2c1F. The number of hydrogen-bond acceptors (Lipinski definition) is 6. The Morgan fingerprint density at radius 2 is 1.89 bits per heavy atom. The summed E-state index contributed by atoms with van der Waals surface area (Å²) in [4.78, 5) is 26.5. The molecule has 1 aromatic carbocycles. The van der Waals surface area contributed by atoms with Gasteiger partial charge in [0.2, 0.25) is 0 Å². The first kappa shape index (κ1) is 22.6. The molecule has 8 nitrogen and oxygen atoms in total. The van der Waals surface area contributed by atoms with Gasteiger partial charge in [-0.2, -0.15) is 0 Å². The number of likely N-dealkylation sites (N-methyl/N-ethyl adjacent to an activating group) is 1. The van der Waals surface area contributed by atoms with Crippen molar-refractivity contribution >= 4 is 23.1 Å². The van der Waals surface area contributed by atoms with Gasteiger partial charge in [-0.1, -0.05) is 12.1 Å². The second kappa shape index (κ2) is 9.00. The molecule has 2 aliphatic rings. The molecule has 5 heterocycles. The first-order valence-electron chi connectivity index (χ1n) is 12.2. The number of amides is 1. The van der Waals surface area contributed by atoms with E-state index < -0.39 is 0 Å². The molecule has 1 fully saturated rings. The number of nitrogens with zero attached hydrogens (tertiary/aromatic N) is 5. The monoisotopic (exact) mass is 485 g/mol. The fourth-order valence-corrected chi connectivity index (χ4v) is 5.00. The van der Waals surface area contributed by atoms with Gasteiger partial charge in [0.25, 0.3) is 5.91 Å². The van der Waals surface area contributed by atoms with E-state index in [1.165, 1.54) is 5.56 Å². The molecule has 184 valence electrons. The van der Waals surface area contributed by atoms with Gasteiger partial charge in [0.1, 0.15) is 5.82 Å². The second-order valence-electron chi connectivity index (χ2n) is 9.60. The number of fused-ring (bicyclic) bond motifs is 2. The van der Waals surface area contributed by atoms with Crippen LogP contribution >= 0.6 is 0 Å². The quantitative estimate of drug-likeness (QED) is 0.450. The Labute approximate surface area is 208 Å². The Balaban J connectivity index is 1.27. The molecular formula is C27H28FN7O. The fraction of sp³-hybridized carbons (Fsp3) is 0.296. The van der Waals surface area contributed by atoms with E-state index in [0.29, 0.717) is 29.2 Å². The summed E-state index contributed by atoms with van der Waals surface area (Å²) in [6, 6.07) is 9.59. The first-order valence-corrected chi connectivity index (χ1v) is 12.2. The topological polar surface area (TPSA) is 77.8 Å². The number of aryl methyl sites for hydroxylation is 1. The van der Waals surface area contributed by atoms with Crippen LogP contribution in [0, 0.1) is 12.7 Å². The van der Waals surface area contributed by atoms with Crippen LogP contribution in [0.3, 0.4) is 0 Å². The van der Waals surface area contributed by atoms with E-state index in [-0.39, 0.29) is 17.4 Å². The normalized spacial score (nSPS) is 16.4. The molecule has 6 rings (SSSR count). The van der Waals surface area contributed by atoms with Crippen LogP contribution in [-0.4, -0.2) is 63.3 Å². The molecule has 0 unspecified atom stereocenters. The van der Waals surface area contributed by atoms with E-state index in [1.807, 2.05) is 30.6 Å². The number of benzene rings is 1. The van der Waals surface area contributed by atoms with Gasteiger partial charge in [0.05, 0.1) is 23.1 Å². The van der Waals surface area contributed by atoms with Crippen LogP contribution in [0.5, 0.6) is 0 Å². The smallest absolute Gasteiger partial charge is 0.254 e. The minimum absolute atomic E-state index is 0.142. The molecular weight excluding hydrogens is 457 g/mol. The maximum atomic E-state index is 14.6. The number of imidazole rings is 1. The summed E-state index contributed by atoms with van der Waals surface area (Å²) in [6.07, 6.45) is 5.36. The molecule has 36 heavy (non-hydrogen) atoms. The zero-order valence-corrected chi connectivity index (χ0v) is 20.4. The van der Waals surface area contributed by atoms with Crippen LogP contribution < -0.4 is 10.6 Å². The molecule has 0 radical (unpaired) electrons. The molecule has 0 atom stereocenters. The molecule has 0 saturated carbocycles. The number of carbonyl (C=O) groups excluding carboxylic acids is 1. The van der Waals surface area contributed by atoms with Crippen molar-refractivity contribution in [2.45, 2.75) is 20.0 Å². The zero-order chi connectivity index (χ0) is 24.8. The van der Waals surface area contributed by atoms with E-state index in [1.54, 1.807) is 23.6 Å². The average molecular weight is 486 g/mol. The Hall–Kier alpha value is -3.82. The largest absolute Gasteiger partial charge is 0.348 e. The Morgan fingerprint density at radius 3 is 2.67 bits per heavy atom. The van der Waals surface area contributed by atoms with Crippen molar-refractivity contribution in [1.82, 2.24) is 29.5 Å². The highest BCUT2D eigenvalue weighted by Crippen LogP contribution is 2.35. The van der Waals surface area contributed by atoms with Gasteiger partial charge in [0.15, 0.2) is 11.5 Å². The van der Waals surface area contributed by atoms with E-state index in [2.05, 4.69) is 43.5 Å². The molecule has 2 N–H and O–H groups in total. The molecule has 1 amide bonds. The number of aromatic nitrogens is 3. The van der Waals surface area contributed by atoms with Gasteiger partial charge in [-0.25, -0.2) is 14.4 Å². The third-order valence-electron chi connectivity index (χ3n) is 7.14. The van der Waals surface area contributed by atoms with Crippen LogP contribution in [-0.2, 0) is 13.1 Å². The highest BCUT2D eigenvalue weighted by atomic mass is 19.1. The van der Waals surface area contributed by atoms with Crippen molar-refractivity contribution < 1.29 is 9.18 Å². The highest BCUT2D eigenvalue weighted by Gasteiger charge is 2.27.